The van der Waals surface area contributed by atoms with Crippen LogP contribution in [-0.2, 0) is 4.74 Å². The van der Waals surface area contributed by atoms with E-state index < -0.39 is 0 Å². The maximum absolute atomic E-state index is 5.51. The van der Waals surface area contributed by atoms with E-state index in [-0.39, 0.29) is 0 Å². The first-order valence-corrected chi connectivity index (χ1v) is 8.17. The molecule has 3 nitrogen and oxygen atoms in total. The topological polar surface area (TPSA) is 27.1 Å². The van der Waals surface area contributed by atoms with Crippen LogP contribution in [0, 0.1) is 3.57 Å². The first kappa shape index (κ1) is 14.1. The Morgan fingerprint density at radius 3 is 3.00 bits per heavy atom. The number of rotatable bonds is 3. The van der Waals surface area contributed by atoms with E-state index in [0.717, 1.165) is 6.42 Å². The van der Waals surface area contributed by atoms with E-state index in [2.05, 4.69) is 62.8 Å². The lowest BCUT2D eigenvalue weighted by atomic mass is 9.93. The highest BCUT2D eigenvalue weighted by molar-refractivity contribution is 14.1. The molecule has 2 aromatic rings. The fourth-order valence-electron chi connectivity index (χ4n) is 2.93. The number of methoxy groups -OCH3 is 1. The van der Waals surface area contributed by atoms with Crippen LogP contribution in [0.2, 0.25) is 0 Å². The van der Waals surface area contributed by atoms with E-state index in [9.17, 15) is 0 Å². The standard InChI is InChI=1S/C16H19IN2O/c1-20-16-7-3-6-15(9-16)19-11-13(10-18-19)12-4-2-5-14(17)8-12/h2,4-5,8,10-11,15-16H,3,6-7,9H2,1H3. The Morgan fingerprint density at radius 2 is 2.20 bits per heavy atom. The largest absolute Gasteiger partial charge is 0.381 e. The van der Waals surface area contributed by atoms with Gasteiger partial charge in [0.2, 0.25) is 0 Å². The molecule has 0 N–H and O–H groups in total. The fourth-order valence-corrected chi connectivity index (χ4v) is 3.47. The molecule has 1 heterocycles. The molecular formula is C16H19IN2O. The number of nitrogens with zero attached hydrogens (tertiary/aromatic N) is 2. The number of ether oxygens (including phenoxy) is 1. The van der Waals surface area contributed by atoms with Gasteiger partial charge in [-0.1, -0.05) is 12.1 Å². The van der Waals surface area contributed by atoms with Crippen LogP contribution in [-0.4, -0.2) is 23.0 Å². The maximum atomic E-state index is 5.51. The molecule has 2 unspecified atom stereocenters. The molecule has 0 bridgehead atoms. The van der Waals surface area contributed by atoms with Crippen molar-refractivity contribution in [3.05, 3.63) is 40.2 Å². The third kappa shape index (κ3) is 3.06. The van der Waals surface area contributed by atoms with Gasteiger partial charge in [-0.15, -0.1) is 0 Å². The number of aromatic nitrogens is 2. The highest BCUT2D eigenvalue weighted by atomic mass is 127. The summed E-state index contributed by atoms with van der Waals surface area (Å²) in [4.78, 5) is 0. The van der Waals surface area contributed by atoms with Crippen molar-refractivity contribution < 1.29 is 4.74 Å². The summed E-state index contributed by atoms with van der Waals surface area (Å²) < 4.78 is 8.89. The second-order valence-corrected chi connectivity index (χ2v) is 6.64. The smallest absolute Gasteiger partial charge is 0.0591 e. The monoisotopic (exact) mass is 382 g/mol. The van der Waals surface area contributed by atoms with Crippen LogP contribution in [0.5, 0.6) is 0 Å². The predicted octanol–water partition coefficient (Wildman–Crippen LogP) is 4.28. The molecule has 106 valence electrons. The van der Waals surface area contributed by atoms with E-state index >= 15 is 0 Å². The normalized spacial score (nSPS) is 22.9. The molecule has 1 aromatic carbocycles. The minimum absolute atomic E-state index is 0.388. The van der Waals surface area contributed by atoms with E-state index in [0.29, 0.717) is 12.1 Å². The Morgan fingerprint density at radius 1 is 1.30 bits per heavy atom. The molecule has 1 saturated carbocycles. The Bertz CT molecular complexity index is 581. The second-order valence-electron chi connectivity index (χ2n) is 5.40. The molecular weight excluding hydrogens is 363 g/mol. The van der Waals surface area contributed by atoms with Crippen LogP contribution in [0.3, 0.4) is 0 Å². The second kappa shape index (κ2) is 6.26. The van der Waals surface area contributed by atoms with Crippen molar-refractivity contribution in [2.45, 2.75) is 37.8 Å². The SMILES string of the molecule is COC1CCCC(n2cc(-c3cccc(I)c3)cn2)C1. The van der Waals surface area contributed by atoms with E-state index in [1.165, 1.54) is 34.0 Å². The number of hydrogen-bond acceptors (Lipinski definition) is 2. The summed E-state index contributed by atoms with van der Waals surface area (Å²) in [6.07, 6.45) is 9.21. The van der Waals surface area contributed by atoms with Gasteiger partial charge in [0.1, 0.15) is 0 Å². The van der Waals surface area contributed by atoms with Crippen LogP contribution in [0.1, 0.15) is 31.7 Å². The molecule has 0 amide bonds. The van der Waals surface area contributed by atoms with Crippen molar-refractivity contribution in [3.63, 3.8) is 0 Å². The van der Waals surface area contributed by atoms with Gasteiger partial charge < -0.3 is 4.74 Å². The zero-order valence-electron chi connectivity index (χ0n) is 11.6. The van der Waals surface area contributed by atoms with E-state index in [4.69, 9.17) is 4.74 Å². The molecule has 1 aliphatic carbocycles. The Balaban J connectivity index is 1.80. The van der Waals surface area contributed by atoms with Crippen LogP contribution in [0.4, 0.5) is 0 Å². The number of hydrogen-bond donors (Lipinski definition) is 0. The third-order valence-corrected chi connectivity index (χ3v) is 4.74. The van der Waals surface area contributed by atoms with Crippen LogP contribution >= 0.6 is 22.6 Å². The highest BCUT2D eigenvalue weighted by Gasteiger charge is 2.23. The van der Waals surface area contributed by atoms with Gasteiger partial charge in [0.15, 0.2) is 0 Å². The van der Waals surface area contributed by atoms with Crippen LogP contribution < -0.4 is 0 Å². The predicted molar refractivity (Wildman–Crippen MR) is 88.7 cm³/mol. The minimum atomic E-state index is 0.388. The van der Waals surface area contributed by atoms with Gasteiger partial charge in [-0.2, -0.15) is 5.10 Å². The van der Waals surface area contributed by atoms with Crippen LogP contribution in [0.15, 0.2) is 36.7 Å². The zero-order chi connectivity index (χ0) is 13.9. The summed E-state index contributed by atoms with van der Waals surface area (Å²) in [5.74, 6) is 0. The Hall–Kier alpha value is -0.880. The summed E-state index contributed by atoms with van der Waals surface area (Å²) in [7, 11) is 1.81. The Kier molecular flexibility index (Phi) is 4.41. The Labute approximate surface area is 133 Å². The zero-order valence-corrected chi connectivity index (χ0v) is 13.8. The molecule has 0 spiro atoms. The molecule has 4 heteroatoms. The summed E-state index contributed by atoms with van der Waals surface area (Å²) in [6.45, 7) is 0. The van der Waals surface area contributed by atoms with Crippen molar-refractivity contribution in [1.82, 2.24) is 9.78 Å². The van der Waals surface area contributed by atoms with Crippen molar-refractivity contribution in [2.24, 2.45) is 0 Å². The van der Waals surface area contributed by atoms with Gasteiger partial charge in [-0.25, -0.2) is 0 Å². The maximum Gasteiger partial charge on any atom is 0.0591 e. The average Bonchev–Trinajstić information content (AvgIpc) is 2.97. The fraction of sp³-hybridized carbons (Fsp3) is 0.438. The summed E-state index contributed by atoms with van der Waals surface area (Å²) in [5.41, 5.74) is 2.44. The molecule has 1 aromatic heterocycles. The van der Waals surface area contributed by atoms with Crippen LogP contribution in [0.25, 0.3) is 11.1 Å². The van der Waals surface area contributed by atoms with Gasteiger partial charge in [-0.3, -0.25) is 4.68 Å². The molecule has 1 fully saturated rings. The van der Waals surface area contributed by atoms with Crippen molar-refractivity contribution in [1.29, 1.82) is 0 Å². The molecule has 2 atom stereocenters. The molecule has 0 radical (unpaired) electrons. The van der Waals surface area contributed by atoms with Crippen molar-refractivity contribution in [3.8, 4) is 11.1 Å². The number of benzene rings is 1. The quantitative estimate of drug-likeness (QED) is 0.741. The lowest BCUT2D eigenvalue weighted by molar-refractivity contribution is 0.0508. The average molecular weight is 382 g/mol. The lowest BCUT2D eigenvalue weighted by Crippen LogP contribution is -2.24. The first-order valence-electron chi connectivity index (χ1n) is 7.09. The highest BCUT2D eigenvalue weighted by Crippen LogP contribution is 2.31. The molecule has 20 heavy (non-hydrogen) atoms. The lowest BCUT2D eigenvalue weighted by Gasteiger charge is -2.28. The molecule has 0 saturated heterocycles. The molecule has 0 aliphatic heterocycles. The molecule has 1 aliphatic rings. The summed E-state index contributed by atoms with van der Waals surface area (Å²) >= 11 is 2.35. The summed E-state index contributed by atoms with van der Waals surface area (Å²) in [5, 5.41) is 4.57. The van der Waals surface area contributed by atoms with Gasteiger partial charge in [-0.05, 0) is 66.0 Å². The van der Waals surface area contributed by atoms with E-state index in [1.54, 1.807) is 0 Å². The van der Waals surface area contributed by atoms with Gasteiger partial charge in [0.25, 0.3) is 0 Å². The van der Waals surface area contributed by atoms with Crippen molar-refractivity contribution in [2.75, 3.05) is 7.11 Å². The minimum Gasteiger partial charge on any atom is -0.381 e. The van der Waals surface area contributed by atoms with Crippen molar-refractivity contribution >= 4 is 22.6 Å². The molecule has 3 rings (SSSR count). The van der Waals surface area contributed by atoms with Gasteiger partial charge in [0, 0.05) is 22.4 Å². The van der Waals surface area contributed by atoms with E-state index in [1.807, 2.05) is 13.3 Å². The third-order valence-electron chi connectivity index (χ3n) is 4.07. The van der Waals surface area contributed by atoms with Gasteiger partial charge >= 0.3 is 0 Å². The first-order chi connectivity index (χ1) is 9.76. The summed E-state index contributed by atoms with van der Waals surface area (Å²) in [6, 6.07) is 9.02. The van der Waals surface area contributed by atoms with Gasteiger partial charge in [0.05, 0.1) is 18.3 Å². The number of halogens is 1.